The van der Waals surface area contributed by atoms with Gasteiger partial charge in [-0.15, -0.1) is 0 Å². The third-order valence-corrected chi connectivity index (χ3v) is 3.89. The Morgan fingerprint density at radius 2 is 2.06 bits per heavy atom. The van der Waals surface area contributed by atoms with Gasteiger partial charge in [-0.2, -0.15) is 0 Å². The first-order valence-electron chi connectivity index (χ1n) is 6.74. The molecule has 2 fully saturated rings. The zero-order valence-electron chi connectivity index (χ0n) is 10.3. The Bertz CT molecular complexity index is 205. The minimum absolute atomic E-state index is 0.0434. The Kier molecular flexibility index (Phi) is 4.22. The maximum Gasteiger partial charge on any atom is 0.158 e. The second-order valence-electron chi connectivity index (χ2n) is 5.14. The lowest BCUT2D eigenvalue weighted by atomic mass is 9.93. The van der Waals surface area contributed by atoms with E-state index < -0.39 is 5.60 Å². The number of rotatable bonds is 4. The monoisotopic (exact) mass is 228 g/mol. The smallest absolute Gasteiger partial charge is 0.158 e. The van der Waals surface area contributed by atoms with Crippen LogP contribution in [0.2, 0.25) is 0 Å². The lowest BCUT2D eigenvalue weighted by molar-refractivity contribution is -0.227. The average molecular weight is 228 g/mol. The average Bonchev–Trinajstić information content (AvgIpc) is 2.75. The molecule has 1 saturated carbocycles. The van der Waals surface area contributed by atoms with Crippen LogP contribution in [0.25, 0.3) is 0 Å². The molecule has 2 aliphatic rings. The molecule has 3 heteroatoms. The van der Waals surface area contributed by atoms with Crippen molar-refractivity contribution >= 4 is 0 Å². The van der Waals surface area contributed by atoms with Gasteiger partial charge in [0.25, 0.3) is 0 Å². The Morgan fingerprint density at radius 3 is 2.62 bits per heavy atom. The van der Waals surface area contributed by atoms with Crippen molar-refractivity contribution in [1.29, 1.82) is 0 Å². The minimum atomic E-state index is -0.588. The number of hydrogen-bond acceptors (Lipinski definition) is 3. The summed E-state index contributed by atoms with van der Waals surface area (Å²) < 4.78 is 11.5. The van der Waals surface area contributed by atoms with Gasteiger partial charge in [0, 0.05) is 6.61 Å². The zero-order chi connectivity index (χ0) is 11.4. The van der Waals surface area contributed by atoms with E-state index in [2.05, 4.69) is 6.92 Å². The molecular weight excluding hydrogens is 204 g/mol. The van der Waals surface area contributed by atoms with E-state index in [4.69, 9.17) is 9.47 Å². The molecule has 3 nitrogen and oxygen atoms in total. The Hall–Kier alpha value is -0.120. The molecule has 1 aliphatic heterocycles. The van der Waals surface area contributed by atoms with Crippen LogP contribution < -0.4 is 0 Å². The highest BCUT2D eigenvalue weighted by Crippen LogP contribution is 2.36. The van der Waals surface area contributed by atoms with Gasteiger partial charge in [-0.3, -0.25) is 0 Å². The molecule has 0 spiro atoms. The van der Waals surface area contributed by atoms with Crippen LogP contribution in [0.3, 0.4) is 0 Å². The Labute approximate surface area is 98.1 Å². The van der Waals surface area contributed by atoms with Crippen LogP contribution in [-0.4, -0.2) is 29.7 Å². The normalized spacial score (nSPS) is 31.5. The Morgan fingerprint density at radius 1 is 1.31 bits per heavy atom. The first-order chi connectivity index (χ1) is 7.74. The summed E-state index contributed by atoms with van der Waals surface area (Å²) in [6, 6.07) is 0. The van der Waals surface area contributed by atoms with E-state index in [1.54, 1.807) is 0 Å². The van der Waals surface area contributed by atoms with E-state index in [9.17, 15) is 5.11 Å². The molecule has 16 heavy (non-hydrogen) atoms. The van der Waals surface area contributed by atoms with Gasteiger partial charge in [0.1, 0.15) is 0 Å². The van der Waals surface area contributed by atoms with Crippen molar-refractivity contribution in [1.82, 2.24) is 0 Å². The van der Waals surface area contributed by atoms with Crippen LogP contribution in [0.5, 0.6) is 0 Å². The van der Waals surface area contributed by atoms with Gasteiger partial charge in [-0.1, -0.05) is 19.8 Å². The van der Waals surface area contributed by atoms with Crippen LogP contribution in [0.15, 0.2) is 0 Å². The van der Waals surface area contributed by atoms with Crippen molar-refractivity contribution in [3.05, 3.63) is 0 Å². The van der Waals surface area contributed by atoms with Crippen LogP contribution >= 0.6 is 0 Å². The summed E-state index contributed by atoms with van der Waals surface area (Å²) >= 11 is 0. The fourth-order valence-electron chi connectivity index (χ4n) is 2.91. The topological polar surface area (TPSA) is 38.7 Å². The first-order valence-corrected chi connectivity index (χ1v) is 6.74. The largest absolute Gasteiger partial charge is 0.387 e. The van der Waals surface area contributed by atoms with Crippen molar-refractivity contribution in [2.45, 2.75) is 76.3 Å². The van der Waals surface area contributed by atoms with Gasteiger partial charge in [0.2, 0.25) is 0 Å². The fraction of sp³-hybridized carbons (Fsp3) is 1.00. The predicted octanol–water partition coefficient (Wildman–Crippen LogP) is 2.61. The molecule has 2 unspecified atom stereocenters. The first kappa shape index (κ1) is 12.3. The molecule has 0 radical (unpaired) electrons. The third-order valence-electron chi connectivity index (χ3n) is 3.89. The van der Waals surface area contributed by atoms with Gasteiger partial charge < -0.3 is 14.6 Å². The molecule has 0 aromatic heterocycles. The molecular formula is C13H24O3. The quantitative estimate of drug-likeness (QED) is 0.804. The highest BCUT2D eigenvalue weighted by atomic mass is 16.7. The van der Waals surface area contributed by atoms with Gasteiger partial charge >= 0.3 is 0 Å². The predicted molar refractivity (Wildman–Crippen MR) is 62.2 cm³/mol. The van der Waals surface area contributed by atoms with Crippen LogP contribution in [0.4, 0.5) is 0 Å². The van der Waals surface area contributed by atoms with Gasteiger partial charge in [0.05, 0.1) is 11.7 Å². The standard InChI is InChI=1S/C13H24O3/c1-2-11(13(14)8-4-5-9-13)16-12-7-3-6-10-15-12/h11-12,14H,2-10H2,1H3. The molecule has 2 rings (SSSR count). The third kappa shape index (κ3) is 2.76. The van der Waals surface area contributed by atoms with Crippen LogP contribution in [0.1, 0.15) is 58.3 Å². The van der Waals surface area contributed by atoms with Gasteiger partial charge in [0.15, 0.2) is 6.29 Å². The lowest BCUT2D eigenvalue weighted by Crippen LogP contribution is -2.44. The molecule has 0 aromatic carbocycles. The number of ether oxygens (including phenoxy) is 2. The van der Waals surface area contributed by atoms with E-state index in [0.717, 1.165) is 51.6 Å². The van der Waals surface area contributed by atoms with Crippen molar-refractivity contribution < 1.29 is 14.6 Å². The summed E-state index contributed by atoms with van der Waals surface area (Å²) in [5, 5.41) is 10.5. The summed E-state index contributed by atoms with van der Waals surface area (Å²) in [5.41, 5.74) is -0.588. The molecule has 94 valence electrons. The molecule has 1 heterocycles. The summed E-state index contributed by atoms with van der Waals surface area (Å²) in [7, 11) is 0. The van der Waals surface area contributed by atoms with E-state index in [0.29, 0.717) is 0 Å². The maximum atomic E-state index is 10.5. The SMILES string of the molecule is CCC(OC1CCCCO1)C1(O)CCCC1. The minimum Gasteiger partial charge on any atom is -0.387 e. The molecule has 2 atom stereocenters. The fourth-order valence-corrected chi connectivity index (χ4v) is 2.91. The van der Waals surface area contributed by atoms with Crippen molar-refractivity contribution in [2.75, 3.05) is 6.61 Å². The Balaban J connectivity index is 1.88. The van der Waals surface area contributed by atoms with Crippen molar-refractivity contribution in [2.24, 2.45) is 0 Å². The van der Waals surface area contributed by atoms with E-state index in [1.807, 2.05) is 0 Å². The van der Waals surface area contributed by atoms with E-state index in [1.165, 1.54) is 6.42 Å². The van der Waals surface area contributed by atoms with Crippen molar-refractivity contribution in [3.8, 4) is 0 Å². The van der Waals surface area contributed by atoms with Crippen LogP contribution in [0, 0.1) is 0 Å². The van der Waals surface area contributed by atoms with E-state index >= 15 is 0 Å². The highest BCUT2D eigenvalue weighted by Gasteiger charge is 2.40. The van der Waals surface area contributed by atoms with Gasteiger partial charge in [-0.25, -0.2) is 0 Å². The summed E-state index contributed by atoms with van der Waals surface area (Å²) in [5.74, 6) is 0. The highest BCUT2D eigenvalue weighted by molar-refractivity contribution is 4.91. The molecule has 0 bridgehead atoms. The maximum absolute atomic E-state index is 10.5. The molecule has 1 N–H and O–H groups in total. The summed E-state index contributed by atoms with van der Waals surface area (Å²) in [6.07, 6.45) is 8.07. The second kappa shape index (κ2) is 5.48. The summed E-state index contributed by atoms with van der Waals surface area (Å²) in [4.78, 5) is 0. The lowest BCUT2D eigenvalue weighted by Gasteiger charge is -2.35. The summed E-state index contributed by atoms with van der Waals surface area (Å²) in [6.45, 7) is 2.89. The van der Waals surface area contributed by atoms with Gasteiger partial charge in [-0.05, 0) is 38.5 Å². The second-order valence-corrected chi connectivity index (χ2v) is 5.14. The molecule has 1 saturated heterocycles. The van der Waals surface area contributed by atoms with Crippen molar-refractivity contribution in [3.63, 3.8) is 0 Å². The number of aliphatic hydroxyl groups is 1. The zero-order valence-corrected chi connectivity index (χ0v) is 10.3. The van der Waals surface area contributed by atoms with E-state index in [-0.39, 0.29) is 12.4 Å². The van der Waals surface area contributed by atoms with Crippen LogP contribution in [-0.2, 0) is 9.47 Å². The number of hydrogen-bond donors (Lipinski definition) is 1. The molecule has 0 aromatic rings. The molecule has 0 amide bonds. The molecule has 1 aliphatic carbocycles.